The number of rotatable bonds is 6. The number of carbonyl (C=O) groups excluding carboxylic acids is 1. The van der Waals surface area contributed by atoms with Crippen molar-refractivity contribution in [3.63, 3.8) is 0 Å². The van der Waals surface area contributed by atoms with E-state index in [2.05, 4.69) is 5.32 Å². The molecule has 0 atom stereocenters. The van der Waals surface area contributed by atoms with Gasteiger partial charge in [-0.1, -0.05) is 13.8 Å². The first-order valence-corrected chi connectivity index (χ1v) is 6.79. The van der Waals surface area contributed by atoms with E-state index in [1.807, 2.05) is 0 Å². The Hall–Kier alpha value is -2.45. The molecule has 0 bridgehead atoms. The summed E-state index contributed by atoms with van der Waals surface area (Å²) in [7, 11) is 2.52. The summed E-state index contributed by atoms with van der Waals surface area (Å²) in [4.78, 5) is 23.1. The van der Waals surface area contributed by atoms with Gasteiger partial charge in [0.25, 0.3) is 0 Å². The van der Waals surface area contributed by atoms with Gasteiger partial charge in [0.2, 0.25) is 5.91 Å². The quantitative estimate of drug-likeness (QED) is 0.823. The number of carboxylic acid groups (broad SMARTS) is 1. The number of aromatic carboxylic acids is 1. The van der Waals surface area contributed by atoms with Gasteiger partial charge in [0.05, 0.1) is 30.9 Å². The second-order valence-corrected chi connectivity index (χ2v) is 5.67. The van der Waals surface area contributed by atoms with Crippen molar-refractivity contribution in [2.45, 2.75) is 26.4 Å². The summed E-state index contributed by atoms with van der Waals surface area (Å²) in [5.41, 5.74) is -2.53. The molecule has 1 amide bonds. The number of nitrogens with one attached hydrogen (secondary N) is 1. The molecule has 1 aromatic carbocycles. The van der Waals surface area contributed by atoms with Gasteiger partial charge in [-0.05, 0) is 12.1 Å². The predicted molar refractivity (Wildman–Crippen MR) is 79.6 cm³/mol. The number of halogens is 3. The topological polar surface area (TPSA) is 84.9 Å². The van der Waals surface area contributed by atoms with Gasteiger partial charge in [0, 0.05) is 6.42 Å². The third kappa shape index (κ3) is 4.30. The van der Waals surface area contributed by atoms with Gasteiger partial charge >= 0.3 is 12.1 Å². The van der Waals surface area contributed by atoms with Crippen LogP contribution in [0, 0.1) is 5.41 Å². The Morgan fingerprint density at radius 1 is 1.17 bits per heavy atom. The molecule has 9 heteroatoms. The van der Waals surface area contributed by atoms with Crippen LogP contribution < -0.4 is 14.8 Å². The van der Waals surface area contributed by atoms with E-state index >= 15 is 0 Å². The first kappa shape index (κ1) is 19.6. The van der Waals surface area contributed by atoms with Crippen molar-refractivity contribution in [1.82, 2.24) is 0 Å². The van der Waals surface area contributed by atoms with E-state index in [1.54, 1.807) is 0 Å². The van der Waals surface area contributed by atoms with Gasteiger partial charge in [0.15, 0.2) is 11.5 Å². The molecule has 0 unspecified atom stereocenters. The molecule has 134 valence electrons. The number of carboxylic acids is 1. The van der Waals surface area contributed by atoms with Crippen molar-refractivity contribution >= 4 is 17.6 Å². The molecular weight excluding hydrogens is 331 g/mol. The monoisotopic (exact) mass is 349 g/mol. The number of carbonyl (C=O) groups is 2. The summed E-state index contributed by atoms with van der Waals surface area (Å²) >= 11 is 0. The van der Waals surface area contributed by atoms with Crippen LogP contribution >= 0.6 is 0 Å². The van der Waals surface area contributed by atoms with Crippen LogP contribution in [0.5, 0.6) is 11.5 Å². The minimum atomic E-state index is -4.56. The summed E-state index contributed by atoms with van der Waals surface area (Å²) in [6.45, 7) is 1.80. The van der Waals surface area contributed by atoms with E-state index in [1.165, 1.54) is 20.3 Å². The fourth-order valence-corrected chi connectivity index (χ4v) is 1.88. The smallest absolute Gasteiger partial charge is 0.394 e. The largest absolute Gasteiger partial charge is 0.493 e. The van der Waals surface area contributed by atoms with E-state index in [9.17, 15) is 22.8 Å². The van der Waals surface area contributed by atoms with Crippen LogP contribution in [0.4, 0.5) is 18.9 Å². The molecule has 0 radical (unpaired) electrons. The number of benzene rings is 1. The third-order valence-corrected chi connectivity index (χ3v) is 3.37. The molecule has 0 aliphatic rings. The predicted octanol–water partition coefficient (Wildman–Crippen LogP) is 3.32. The van der Waals surface area contributed by atoms with Crippen LogP contribution in [0.2, 0.25) is 0 Å². The molecule has 0 spiro atoms. The summed E-state index contributed by atoms with van der Waals surface area (Å²) < 4.78 is 48.6. The van der Waals surface area contributed by atoms with Crippen molar-refractivity contribution in [1.29, 1.82) is 0 Å². The van der Waals surface area contributed by atoms with Crippen LogP contribution in [-0.4, -0.2) is 37.4 Å². The van der Waals surface area contributed by atoms with Crippen LogP contribution in [-0.2, 0) is 4.79 Å². The highest BCUT2D eigenvalue weighted by Crippen LogP contribution is 2.41. The van der Waals surface area contributed by atoms with E-state index in [4.69, 9.17) is 14.6 Å². The third-order valence-electron chi connectivity index (χ3n) is 3.37. The second-order valence-electron chi connectivity index (χ2n) is 5.67. The lowest BCUT2D eigenvalue weighted by molar-refractivity contribution is -0.213. The van der Waals surface area contributed by atoms with Crippen LogP contribution in [0.25, 0.3) is 0 Å². The van der Waals surface area contributed by atoms with Crippen LogP contribution in [0.1, 0.15) is 30.6 Å². The summed E-state index contributed by atoms with van der Waals surface area (Å²) in [6.07, 6.45) is -5.39. The van der Waals surface area contributed by atoms with Crippen LogP contribution in [0.15, 0.2) is 12.1 Å². The molecule has 1 aromatic rings. The molecule has 6 nitrogen and oxygen atoms in total. The maximum Gasteiger partial charge on any atom is 0.394 e. The lowest BCUT2D eigenvalue weighted by Gasteiger charge is -2.27. The molecule has 24 heavy (non-hydrogen) atoms. The Balaban J connectivity index is 3.16. The number of hydrogen-bond donors (Lipinski definition) is 2. The summed E-state index contributed by atoms with van der Waals surface area (Å²) in [5, 5.41) is 11.3. The highest BCUT2D eigenvalue weighted by atomic mass is 19.4. The fourth-order valence-electron chi connectivity index (χ4n) is 1.88. The van der Waals surface area contributed by atoms with Crippen molar-refractivity contribution in [2.24, 2.45) is 5.41 Å². The average molecular weight is 349 g/mol. The first-order valence-electron chi connectivity index (χ1n) is 6.79. The van der Waals surface area contributed by atoms with E-state index in [0.29, 0.717) is 0 Å². The lowest BCUT2D eigenvalue weighted by Crippen LogP contribution is -2.35. The standard InChI is InChI=1S/C15H18F3NO5/c1-14(2,15(16,17)18)7-11(20)19-9-5-8(13(21)22)6-10(23-3)12(9)24-4/h5-6H,7H2,1-4H3,(H,19,20)(H,21,22). The SMILES string of the molecule is COc1cc(C(=O)O)cc(NC(=O)CC(C)(C)C(F)(F)F)c1OC. The van der Waals surface area contributed by atoms with Gasteiger partial charge < -0.3 is 19.9 Å². The van der Waals surface area contributed by atoms with Crippen molar-refractivity contribution in [3.8, 4) is 11.5 Å². The maximum atomic E-state index is 12.9. The van der Waals surface area contributed by atoms with Gasteiger partial charge in [-0.25, -0.2) is 4.79 Å². The number of hydrogen-bond acceptors (Lipinski definition) is 4. The Bertz CT molecular complexity index is 641. The molecule has 0 heterocycles. The molecular formula is C15H18F3NO5. The van der Waals surface area contributed by atoms with Crippen LogP contribution in [0.3, 0.4) is 0 Å². The molecule has 1 rings (SSSR count). The molecule has 0 aliphatic heterocycles. The van der Waals surface area contributed by atoms with Gasteiger partial charge in [0.1, 0.15) is 0 Å². The molecule has 0 aromatic heterocycles. The number of amides is 1. The van der Waals surface area contributed by atoms with Crippen molar-refractivity contribution in [2.75, 3.05) is 19.5 Å². The number of alkyl halides is 3. The van der Waals surface area contributed by atoms with Crippen molar-refractivity contribution in [3.05, 3.63) is 17.7 Å². The Kier molecular flexibility index (Phi) is 5.70. The molecule has 0 saturated heterocycles. The highest BCUT2D eigenvalue weighted by molar-refractivity contribution is 5.97. The van der Waals surface area contributed by atoms with E-state index in [0.717, 1.165) is 19.9 Å². The number of anilines is 1. The zero-order valence-electron chi connectivity index (χ0n) is 13.6. The maximum absolute atomic E-state index is 12.9. The molecule has 0 saturated carbocycles. The zero-order chi connectivity index (χ0) is 18.7. The fraction of sp³-hybridized carbons (Fsp3) is 0.467. The highest BCUT2D eigenvalue weighted by Gasteiger charge is 2.48. The zero-order valence-corrected chi connectivity index (χ0v) is 13.6. The van der Waals surface area contributed by atoms with Gasteiger partial charge in [-0.15, -0.1) is 0 Å². The average Bonchev–Trinajstić information content (AvgIpc) is 2.44. The van der Waals surface area contributed by atoms with Crippen molar-refractivity contribution < 1.29 is 37.3 Å². The second kappa shape index (κ2) is 6.98. The Labute approximate surface area is 136 Å². The molecule has 0 fully saturated rings. The molecule has 2 N–H and O–H groups in total. The number of methoxy groups -OCH3 is 2. The molecule has 0 aliphatic carbocycles. The Morgan fingerprint density at radius 2 is 1.75 bits per heavy atom. The first-order chi connectivity index (χ1) is 10.9. The van der Waals surface area contributed by atoms with Gasteiger partial charge in [-0.3, -0.25) is 4.79 Å². The minimum Gasteiger partial charge on any atom is -0.493 e. The summed E-state index contributed by atoms with van der Waals surface area (Å²) in [5.74, 6) is -2.18. The Morgan fingerprint density at radius 3 is 2.17 bits per heavy atom. The van der Waals surface area contributed by atoms with Gasteiger partial charge in [-0.2, -0.15) is 13.2 Å². The summed E-state index contributed by atoms with van der Waals surface area (Å²) in [6, 6.07) is 2.26. The van der Waals surface area contributed by atoms with E-state index < -0.39 is 29.9 Å². The normalized spacial score (nSPS) is 11.8. The minimum absolute atomic E-state index is 0.0145. The lowest BCUT2D eigenvalue weighted by atomic mass is 9.88. The number of ether oxygens (including phenoxy) is 2. The van der Waals surface area contributed by atoms with E-state index in [-0.39, 0.29) is 22.7 Å².